The third-order valence-corrected chi connectivity index (χ3v) is 5.80. The Morgan fingerprint density at radius 3 is 2.52 bits per heavy atom. The van der Waals surface area contributed by atoms with Crippen LogP contribution in [0.1, 0.15) is 24.0 Å². The summed E-state index contributed by atoms with van der Waals surface area (Å²) in [5.41, 5.74) is 1.44. The number of hydrogen-bond acceptors (Lipinski definition) is 3. The average Bonchev–Trinajstić information content (AvgIpc) is 3.04. The lowest BCUT2D eigenvalue weighted by Gasteiger charge is -2.21. The molecule has 1 aliphatic rings. The number of rotatable bonds is 6. The van der Waals surface area contributed by atoms with Crippen LogP contribution in [0.25, 0.3) is 6.08 Å². The zero-order chi connectivity index (χ0) is 22.2. The lowest BCUT2D eigenvalue weighted by molar-refractivity contribution is -0.132. The molecule has 5 nitrogen and oxygen atoms in total. The van der Waals surface area contributed by atoms with Gasteiger partial charge in [-0.15, -0.1) is 0 Å². The second-order valence-electron chi connectivity index (χ2n) is 7.41. The summed E-state index contributed by atoms with van der Waals surface area (Å²) in [6.07, 6.45) is 4.71. The zero-order valence-corrected chi connectivity index (χ0v) is 19.1. The van der Waals surface area contributed by atoms with Gasteiger partial charge in [0.15, 0.2) is 0 Å². The van der Waals surface area contributed by atoms with E-state index in [2.05, 4.69) is 15.9 Å². The van der Waals surface area contributed by atoms with Crippen molar-refractivity contribution in [1.82, 2.24) is 9.80 Å². The van der Waals surface area contributed by atoms with Gasteiger partial charge < -0.3 is 14.5 Å². The highest BCUT2D eigenvalue weighted by Gasteiger charge is 2.21. The summed E-state index contributed by atoms with van der Waals surface area (Å²) >= 11 is 3.31. The van der Waals surface area contributed by atoms with E-state index >= 15 is 0 Å². The molecule has 1 fully saturated rings. The second-order valence-corrected chi connectivity index (χ2v) is 8.32. The molecule has 0 saturated carbocycles. The lowest BCUT2D eigenvalue weighted by Crippen LogP contribution is -2.36. The van der Waals surface area contributed by atoms with E-state index in [-0.39, 0.29) is 17.6 Å². The third-order valence-electron chi connectivity index (χ3n) is 5.31. The molecule has 0 bridgehead atoms. The van der Waals surface area contributed by atoms with Crippen molar-refractivity contribution in [1.29, 1.82) is 0 Å². The standard InChI is InChI=1S/C24H26BrFN2O3/c1-31-21-8-3-18(4-9-21)5-11-23(29)27-13-2-14-28(16-15-27)24(30)12-6-19-17-20(25)7-10-22(19)26/h3-4,6-10,12,17H,2,5,11,13-16H2,1H3/b12-6+. The number of aryl methyl sites for hydroxylation is 1. The number of benzene rings is 2. The topological polar surface area (TPSA) is 49.9 Å². The van der Waals surface area contributed by atoms with Crippen molar-refractivity contribution in [3.63, 3.8) is 0 Å². The van der Waals surface area contributed by atoms with Crippen molar-refractivity contribution in [3.05, 3.63) is 70.0 Å². The predicted octanol–water partition coefficient (Wildman–Crippen LogP) is 4.30. The number of carbonyl (C=O) groups excluding carboxylic acids is 2. The maximum Gasteiger partial charge on any atom is 0.246 e. The van der Waals surface area contributed by atoms with Gasteiger partial charge in [0.25, 0.3) is 0 Å². The number of hydrogen-bond donors (Lipinski definition) is 0. The van der Waals surface area contributed by atoms with Gasteiger partial charge in [0.05, 0.1) is 7.11 Å². The van der Waals surface area contributed by atoms with Gasteiger partial charge in [-0.25, -0.2) is 4.39 Å². The van der Waals surface area contributed by atoms with Crippen molar-refractivity contribution in [2.24, 2.45) is 0 Å². The molecule has 0 aliphatic carbocycles. The summed E-state index contributed by atoms with van der Waals surface area (Å²) in [5, 5.41) is 0. The highest BCUT2D eigenvalue weighted by molar-refractivity contribution is 9.10. The third kappa shape index (κ3) is 6.66. The van der Waals surface area contributed by atoms with Gasteiger partial charge in [0, 0.05) is 48.7 Å². The summed E-state index contributed by atoms with van der Waals surface area (Å²) in [4.78, 5) is 28.7. The highest BCUT2D eigenvalue weighted by atomic mass is 79.9. The summed E-state index contributed by atoms with van der Waals surface area (Å²) in [5.74, 6) is 0.338. The average molecular weight is 489 g/mol. The van der Waals surface area contributed by atoms with Crippen LogP contribution in [0.5, 0.6) is 5.75 Å². The van der Waals surface area contributed by atoms with Crippen LogP contribution in [-0.4, -0.2) is 54.9 Å². The molecule has 1 aliphatic heterocycles. The van der Waals surface area contributed by atoms with Gasteiger partial charge in [-0.2, -0.15) is 0 Å². The fraction of sp³-hybridized carbons (Fsp3) is 0.333. The van der Waals surface area contributed by atoms with E-state index in [0.29, 0.717) is 44.6 Å². The molecular weight excluding hydrogens is 463 g/mol. The molecule has 7 heteroatoms. The van der Waals surface area contributed by atoms with Crippen LogP contribution < -0.4 is 4.74 Å². The largest absolute Gasteiger partial charge is 0.497 e. The Labute approximate surface area is 190 Å². The van der Waals surface area contributed by atoms with E-state index < -0.39 is 0 Å². The minimum Gasteiger partial charge on any atom is -0.497 e. The van der Waals surface area contributed by atoms with E-state index in [9.17, 15) is 14.0 Å². The zero-order valence-electron chi connectivity index (χ0n) is 17.5. The van der Waals surface area contributed by atoms with Crippen molar-refractivity contribution in [2.75, 3.05) is 33.3 Å². The molecule has 1 saturated heterocycles. The number of methoxy groups -OCH3 is 1. The van der Waals surface area contributed by atoms with Crippen LogP contribution in [0.15, 0.2) is 53.0 Å². The minimum atomic E-state index is -0.378. The highest BCUT2D eigenvalue weighted by Crippen LogP contribution is 2.17. The molecule has 3 rings (SSSR count). The SMILES string of the molecule is COc1ccc(CCC(=O)N2CCCN(C(=O)/C=C/c3cc(Br)ccc3F)CC2)cc1. The quantitative estimate of drug-likeness (QED) is 0.569. The first-order valence-corrected chi connectivity index (χ1v) is 11.1. The number of amides is 2. The molecule has 31 heavy (non-hydrogen) atoms. The Morgan fingerprint density at radius 1 is 1.06 bits per heavy atom. The van der Waals surface area contributed by atoms with Crippen molar-refractivity contribution in [2.45, 2.75) is 19.3 Å². The van der Waals surface area contributed by atoms with Crippen LogP contribution in [0, 0.1) is 5.82 Å². The maximum absolute atomic E-state index is 13.9. The summed E-state index contributed by atoms with van der Waals surface area (Å²) in [7, 11) is 1.63. The Kier molecular flexibility index (Phi) is 8.23. The van der Waals surface area contributed by atoms with Crippen molar-refractivity contribution in [3.8, 4) is 5.75 Å². The molecule has 2 amide bonds. The molecule has 1 heterocycles. The first-order valence-electron chi connectivity index (χ1n) is 10.3. The van der Waals surface area contributed by atoms with Gasteiger partial charge >= 0.3 is 0 Å². The molecule has 2 aromatic rings. The first-order chi connectivity index (χ1) is 15.0. The molecule has 0 N–H and O–H groups in total. The molecule has 0 spiro atoms. The van der Waals surface area contributed by atoms with Gasteiger partial charge in [0.2, 0.25) is 11.8 Å². The van der Waals surface area contributed by atoms with Gasteiger partial charge in [-0.1, -0.05) is 28.1 Å². The number of carbonyl (C=O) groups is 2. The van der Waals surface area contributed by atoms with Crippen LogP contribution in [0.4, 0.5) is 4.39 Å². The van der Waals surface area contributed by atoms with Crippen molar-refractivity contribution >= 4 is 33.8 Å². The smallest absolute Gasteiger partial charge is 0.246 e. The second kappa shape index (κ2) is 11.1. The lowest BCUT2D eigenvalue weighted by atomic mass is 10.1. The van der Waals surface area contributed by atoms with Crippen LogP contribution in [0.2, 0.25) is 0 Å². The number of ether oxygens (including phenoxy) is 1. The predicted molar refractivity (Wildman–Crippen MR) is 122 cm³/mol. The Hall–Kier alpha value is -2.67. The summed E-state index contributed by atoms with van der Waals surface area (Å²) < 4.78 is 19.8. The van der Waals surface area contributed by atoms with E-state index in [0.717, 1.165) is 22.2 Å². The molecule has 0 atom stereocenters. The molecule has 0 aromatic heterocycles. The van der Waals surface area contributed by atoms with Gasteiger partial charge in [-0.3, -0.25) is 9.59 Å². The summed E-state index contributed by atoms with van der Waals surface area (Å²) in [6.45, 7) is 2.19. The molecule has 164 valence electrons. The Balaban J connectivity index is 1.50. The monoisotopic (exact) mass is 488 g/mol. The normalized spacial score (nSPS) is 14.5. The Morgan fingerprint density at radius 2 is 1.77 bits per heavy atom. The van der Waals surface area contributed by atoms with Crippen LogP contribution >= 0.6 is 15.9 Å². The van der Waals surface area contributed by atoms with Crippen LogP contribution in [-0.2, 0) is 16.0 Å². The van der Waals surface area contributed by atoms with E-state index in [4.69, 9.17) is 4.74 Å². The van der Waals surface area contributed by atoms with Gasteiger partial charge in [0.1, 0.15) is 11.6 Å². The fourth-order valence-electron chi connectivity index (χ4n) is 3.50. The van der Waals surface area contributed by atoms with Crippen LogP contribution in [0.3, 0.4) is 0 Å². The maximum atomic E-state index is 13.9. The molecule has 0 radical (unpaired) electrons. The molecule has 2 aromatic carbocycles. The minimum absolute atomic E-state index is 0.0943. The van der Waals surface area contributed by atoms with E-state index in [1.54, 1.807) is 24.1 Å². The Bertz CT molecular complexity index is 946. The van der Waals surface area contributed by atoms with Crippen molar-refractivity contribution < 1.29 is 18.7 Å². The van der Waals surface area contributed by atoms with Gasteiger partial charge in [-0.05, 0) is 54.8 Å². The fourth-order valence-corrected chi connectivity index (χ4v) is 3.88. The number of halogens is 2. The summed E-state index contributed by atoms with van der Waals surface area (Å²) in [6, 6.07) is 12.3. The van der Waals surface area contributed by atoms with E-state index in [1.165, 1.54) is 18.2 Å². The first kappa shape index (κ1) is 23.0. The molecule has 0 unspecified atom stereocenters. The van der Waals surface area contributed by atoms with E-state index in [1.807, 2.05) is 29.2 Å². The number of nitrogens with zero attached hydrogens (tertiary/aromatic N) is 2. The molecular formula is C24H26BrFN2O3.